The fourth-order valence-electron chi connectivity index (χ4n) is 2.07. The van der Waals surface area contributed by atoms with Crippen LogP contribution < -0.4 is 0 Å². The molecule has 23 heavy (non-hydrogen) atoms. The molecule has 0 aliphatic carbocycles. The van der Waals surface area contributed by atoms with Crippen LogP contribution in [0.2, 0.25) is 5.02 Å². The Balaban J connectivity index is 1.66. The lowest BCUT2D eigenvalue weighted by Crippen LogP contribution is -2.05. The van der Waals surface area contributed by atoms with E-state index in [1.807, 2.05) is 0 Å². The number of nitrogens with zero attached hydrogens (tertiary/aromatic N) is 2. The van der Waals surface area contributed by atoms with Gasteiger partial charge in [0.1, 0.15) is 17.1 Å². The Hall–Kier alpha value is -2.60. The first-order chi connectivity index (χ1) is 11.0. The molecule has 0 aliphatic rings. The van der Waals surface area contributed by atoms with Crippen LogP contribution in [-0.2, 0) is 11.3 Å². The van der Waals surface area contributed by atoms with Gasteiger partial charge in [0.2, 0.25) is 5.82 Å². The molecule has 2 heterocycles. The molecule has 0 aliphatic heterocycles. The number of esters is 1. The van der Waals surface area contributed by atoms with Gasteiger partial charge in [0.25, 0.3) is 5.89 Å². The smallest absolute Gasteiger partial charge is 0.342 e. The van der Waals surface area contributed by atoms with Gasteiger partial charge in [-0.25, -0.2) is 4.79 Å². The summed E-state index contributed by atoms with van der Waals surface area (Å²) in [5, 5.41) is 4.47. The molecule has 0 amide bonds. The summed E-state index contributed by atoms with van der Waals surface area (Å²) < 4.78 is 15.5. The predicted molar refractivity (Wildman–Crippen MR) is 82.0 cm³/mol. The van der Waals surface area contributed by atoms with E-state index in [9.17, 15) is 4.79 Å². The van der Waals surface area contributed by atoms with Gasteiger partial charge in [0.15, 0.2) is 6.61 Å². The van der Waals surface area contributed by atoms with Gasteiger partial charge in [-0.3, -0.25) is 0 Å². The van der Waals surface area contributed by atoms with E-state index in [4.69, 9.17) is 25.3 Å². The van der Waals surface area contributed by atoms with E-state index < -0.39 is 5.97 Å². The minimum atomic E-state index is -0.495. The summed E-state index contributed by atoms with van der Waals surface area (Å²) in [6.45, 7) is 3.36. The van der Waals surface area contributed by atoms with E-state index in [0.717, 1.165) is 5.56 Å². The van der Waals surface area contributed by atoms with E-state index in [0.29, 0.717) is 27.9 Å². The van der Waals surface area contributed by atoms with Crippen LogP contribution >= 0.6 is 11.6 Å². The van der Waals surface area contributed by atoms with Crippen LogP contribution in [0.25, 0.3) is 11.4 Å². The second-order valence-electron chi connectivity index (χ2n) is 4.92. The zero-order valence-electron chi connectivity index (χ0n) is 12.5. The molecule has 2 aromatic heterocycles. The highest BCUT2D eigenvalue weighted by molar-refractivity contribution is 6.30. The lowest BCUT2D eigenvalue weighted by molar-refractivity contribution is 0.0428. The Bertz CT molecular complexity index is 836. The molecule has 0 saturated carbocycles. The van der Waals surface area contributed by atoms with Crippen molar-refractivity contribution in [2.75, 3.05) is 0 Å². The lowest BCUT2D eigenvalue weighted by atomic mass is 10.2. The minimum absolute atomic E-state index is 0.108. The summed E-state index contributed by atoms with van der Waals surface area (Å²) in [7, 11) is 0. The average Bonchev–Trinajstić information content (AvgIpc) is 3.12. The molecule has 0 bridgehead atoms. The molecule has 0 unspecified atom stereocenters. The summed E-state index contributed by atoms with van der Waals surface area (Å²) in [5.74, 6) is 1.28. The number of carbonyl (C=O) groups excluding carboxylic acids is 1. The Labute approximate surface area is 137 Å². The second-order valence-corrected chi connectivity index (χ2v) is 5.36. The minimum Gasteiger partial charge on any atom is -0.466 e. The van der Waals surface area contributed by atoms with Crippen LogP contribution in [0.3, 0.4) is 0 Å². The first-order valence-electron chi connectivity index (χ1n) is 6.85. The fraction of sp³-hybridized carbons (Fsp3) is 0.188. The number of halogens is 1. The number of aromatic nitrogens is 2. The summed E-state index contributed by atoms with van der Waals surface area (Å²) in [6, 6.07) is 8.65. The van der Waals surface area contributed by atoms with Gasteiger partial charge in [0, 0.05) is 10.6 Å². The Morgan fingerprint density at radius 2 is 2.00 bits per heavy atom. The van der Waals surface area contributed by atoms with Gasteiger partial charge < -0.3 is 13.7 Å². The number of benzene rings is 1. The van der Waals surface area contributed by atoms with E-state index in [1.165, 1.54) is 0 Å². The van der Waals surface area contributed by atoms with Gasteiger partial charge in [-0.1, -0.05) is 16.8 Å². The maximum Gasteiger partial charge on any atom is 0.342 e. The molecule has 7 heteroatoms. The quantitative estimate of drug-likeness (QED) is 0.673. The van der Waals surface area contributed by atoms with Gasteiger partial charge in [0.05, 0.1) is 0 Å². The van der Waals surface area contributed by atoms with Crippen molar-refractivity contribution in [3.8, 4) is 11.4 Å². The molecule has 118 valence electrons. The molecule has 0 radical (unpaired) electrons. The number of hydrogen-bond donors (Lipinski definition) is 0. The molecule has 0 N–H and O–H groups in total. The monoisotopic (exact) mass is 332 g/mol. The van der Waals surface area contributed by atoms with Crippen molar-refractivity contribution >= 4 is 17.6 Å². The summed E-state index contributed by atoms with van der Waals surface area (Å²) in [6.07, 6.45) is 0. The predicted octanol–water partition coefficient (Wildman–Crippen LogP) is 3.96. The third kappa shape index (κ3) is 3.43. The van der Waals surface area contributed by atoms with Crippen molar-refractivity contribution in [2.45, 2.75) is 20.5 Å². The van der Waals surface area contributed by atoms with Gasteiger partial charge in [-0.15, -0.1) is 0 Å². The molecular weight excluding hydrogens is 320 g/mol. The van der Waals surface area contributed by atoms with Crippen molar-refractivity contribution in [3.05, 3.63) is 58.3 Å². The van der Waals surface area contributed by atoms with Crippen molar-refractivity contribution < 1.29 is 18.5 Å². The average molecular weight is 333 g/mol. The topological polar surface area (TPSA) is 78.4 Å². The van der Waals surface area contributed by atoms with E-state index >= 15 is 0 Å². The number of furan rings is 1. The van der Waals surface area contributed by atoms with Crippen LogP contribution in [-0.4, -0.2) is 16.1 Å². The Kier molecular flexibility index (Phi) is 4.16. The van der Waals surface area contributed by atoms with Crippen molar-refractivity contribution in [2.24, 2.45) is 0 Å². The number of ether oxygens (including phenoxy) is 1. The molecule has 3 aromatic rings. The fourth-order valence-corrected chi connectivity index (χ4v) is 2.19. The standard InChI is InChI=1S/C16H13ClN2O4/c1-9-7-13(10(2)22-9)16(20)21-8-14-18-15(19-23-14)11-3-5-12(17)6-4-11/h3-7H,8H2,1-2H3. The summed E-state index contributed by atoms with van der Waals surface area (Å²) >= 11 is 5.83. The number of hydrogen-bond acceptors (Lipinski definition) is 6. The molecule has 0 saturated heterocycles. The zero-order chi connectivity index (χ0) is 16.4. The van der Waals surface area contributed by atoms with E-state index in [1.54, 1.807) is 44.2 Å². The summed E-state index contributed by atoms with van der Waals surface area (Å²) in [4.78, 5) is 16.2. The van der Waals surface area contributed by atoms with Crippen molar-refractivity contribution in [1.82, 2.24) is 10.1 Å². The van der Waals surface area contributed by atoms with Crippen LogP contribution in [0.5, 0.6) is 0 Å². The van der Waals surface area contributed by atoms with Crippen molar-refractivity contribution in [3.63, 3.8) is 0 Å². The molecular formula is C16H13ClN2O4. The maximum absolute atomic E-state index is 12.0. The number of aryl methyl sites for hydroxylation is 2. The Morgan fingerprint density at radius 1 is 1.26 bits per heavy atom. The lowest BCUT2D eigenvalue weighted by Gasteiger charge is -1.99. The highest BCUT2D eigenvalue weighted by atomic mass is 35.5. The SMILES string of the molecule is Cc1cc(C(=O)OCc2nc(-c3ccc(Cl)cc3)no2)c(C)o1. The van der Waals surface area contributed by atoms with Gasteiger partial charge in [-0.05, 0) is 44.2 Å². The van der Waals surface area contributed by atoms with Gasteiger partial charge >= 0.3 is 5.97 Å². The molecule has 3 rings (SSSR count). The second kappa shape index (κ2) is 6.26. The third-order valence-corrected chi connectivity index (χ3v) is 3.41. The molecule has 0 spiro atoms. The Morgan fingerprint density at radius 3 is 2.65 bits per heavy atom. The van der Waals surface area contributed by atoms with Crippen LogP contribution in [0.15, 0.2) is 39.3 Å². The first-order valence-corrected chi connectivity index (χ1v) is 7.23. The summed E-state index contributed by atoms with van der Waals surface area (Å²) in [5.41, 5.74) is 1.15. The van der Waals surface area contributed by atoms with Crippen LogP contribution in [0.1, 0.15) is 27.8 Å². The number of rotatable bonds is 4. The van der Waals surface area contributed by atoms with Crippen molar-refractivity contribution in [1.29, 1.82) is 0 Å². The highest BCUT2D eigenvalue weighted by Gasteiger charge is 2.17. The van der Waals surface area contributed by atoms with Crippen LogP contribution in [0, 0.1) is 13.8 Å². The molecule has 0 fully saturated rings. The maximum atomic E-state index is 12.0. The number of carbonyl (C=O) groups is 1. The highest BCUT2D eigenvalue weighted by Crippen LogP contribution is 2.19. The molecule has 6 nitrogen and oxygen atoms in total. The van der Waals surface area contributed by atoms with E-state index in [2.05, 4.69) is 10.1 Å². The van der Waals surface area contributed by atoms with Crippen LogP contribution in [0.4, 0.5) is 0 Å². The zero-order valence-corrected chi connectivity index (χ0v) is 13.3. The normalized spacial score (nSPS) is 10.7. The van der Waals surface area contributed by atoms with Gasteiger partial charge in [-0.2, -0.15) is 4.98 Å². The van der Waals surface area contributed by atoms with E-state index in [-0.39, 0.29) is 12.5 Å². The third-order valence-electron chi connectivity index (χ3n) is 3.16. The largest absolute Gasteiger partial charge is 0.466 e. The molecule has 0 atom stereocenters. The molecule has 1 aromatic carbocycles. The first kappa shape index (κ1) is 15.3.